The average Bonchev–Trinajstić information content (AvgIpc) is 3.31. The summed E-state index contributed by atoms with van der Waals surface area (Å²) in [7, 11) is 0. The molecule has 3 amide bonds. The standard InChI is InChI=1S/C23H24F2N4O2.CH2F2.H2/c1-2-20(15-3-5-19(10-24)26-11-15)16-7-8-28(12-16)22(30)14-29-13-17-9-18(25)4-6-21(17)27-23(29)31;2-1-3;/h2-6,9,11,16H,7-8,10,12-14H2,1H3,(H,27,31);1H2;1H/b20-2-;;. The van der Waals surface area contributed by atoms with Gasteiger partial charge >= 0.3 is 6.03 Å². The zero-order valence-corrected chi connectivity index (χ0v) is 18.7. The van der Waals surface area contributed by atoms with Gasteiger partial charge in [0, 0.05) is 32.3 Å². The first-order chi connectivity index (χ1) is 16.4. The highest BCUT2D eigenvalue weighted by atomic mass is 19.3. The molecule has 2 aromatic rings. The van der Waals surface area contributed by atoms with Crippen LogP contribution in [-0.4, -0.2) is 53.3 Å². The number of pyridine rings is 1. The van der Waals surface area contributed by atoms with Crippen LogP contribution in [0.25, 0.3) is 5.57 Å². The summed E-state index contributed by atoms with van der Waals surface area (Å²) < 4.78 is 45.5. The average molecular weight is 481 g/mol. The van der Waals surface area contributed by atoms with Crippen LogP contribution >= 0.6 is 0 Å². The van der Waals surface area contributed by atoms with Crippen molar-refractivity contribution in [2.75, 3.05) is 31.9 Å². The number of nitrogens with zero attached hydrogens (tertiary/aromatic N) is 3. The number of hydrogen-bond donors (Lipinski definition) is 1. The van der Waals surface area contributed by atoms with Gasteiger partial charge in [-0.1, -0.05) is 12.1 Å². The lowest BCUT2D eigenvalue weighted by Gasteiger charge is -2.30. The molecule has 2 aliphatic heterocycles. The minimum atomic E-state index is -1.75. The Balaban J connectivity index is 0.00000103. The van der Waals surface area contributed by atoms with Gasteiger partial charge < -0.3 is 15.1 Å². The number of amides is 3. The molecule has 2 aliphatic rings. The molecule has 1 saturated heterocycles. The third kappa shape index (κ3) is 5.92. The third-order valence-corrected chi connectivity index (χ3v) is 5.87. The Kier molecular flexibility index (Phi) is 8.61. The lowest BCUT2D eigenvalue weighted by Crippen LogP contribution is -2.45. The van der Waals surface area contributed by atoms with E-state index in [9.17, 15) is 27.2 Å². The quantitative estimate of drug-likeness (QED) is 0.605. The summed E-state index contributed by atoms with van der Waals surface area (Å²) in [5, 5.41) is 2.71. The second kappa shape index (κ2) is 11.6. The number of allylic oxidation sites excluding steroid dienone is 1. The number of aromatic nitrogens is 1. The molecule has 3 heterocycles. The molecule has 0 spiro atoms. The summed E-state index contributed by atoms with van der Waals surface area (Å²) in [6.45, 7) is 0.860. The van der Waals surface area contributed by atoms with Gasteiger partial charge in [-0.05, 0) is 54.3 Å². The number of anilines is 1. The van der Waals surface area contributed by atoms with Crippen molar-refractivity contribution in [2.45, 2.75) is 26.6 Å². The Morgan fingerprint density at radius 1 is 1.26 bits per heavy atom. The highest BCUT2D eigenvalue weighted by Gasteiger charge is 2.32. The molecule has 0 saturated carbocycles. The monoisotopic (exact) mass is 480 g/mol. The first-order valence-corrected chi connectivity index (χ1v) is 10.8. The SMILES string of the molecule is C/C=C(/c1ccc(CF)nc1)C1CCN(C(=O)CN2Cc3cc(F)ccc3NC2=O)C1.FCF.[HH]. The first kappa shape index (κ1) is 25.2. The van der Waals surface area contributed by atoms with Gasteiger partial charge in [0.2, 0.25) is 12.8 Å². The summed E-state index contributed by atoms with van der Waals surface area (Å²) in [5.41, 5.74) is 3.61. The highest BCUT2D eigenvalue weighted by molar-refractivity contribution is 5.95. The third-order valence-electron chi connectivity index (χ3n) is 5.87. The number of hydrogen-bond acceptors (Lipinski definition) is 3. The van der Waals surface area contributed by atoms with Crippen LogP contribution in [0.5, 0.6) is 0 Å². The number of halogens is 4. The van der Waals surface area contributed by atoms with Crippen LogP contribution in [0.2, 0.25) is 0 Å². The normalized spacial score (nSPS) is 17.6. The number of benzene rings is 1. The minimum absolute atomic E-state index is 0. The summed E-state index contributed by atoms with van der Waals surface area (Å²) in [6.07, 6.45) is 4.48. The van der Waals surface area contributed by atoms with E-state index in [0.29, 0.717) is 30.0 Å². The van der Waals surface area contributed by atoms with Crippen LogP contribution in [0.15, 0.2) is 42.6 Å². The second-order valence-electron chi connectivity index (χ2n) is 7.93. The van der Waals surface area contributed by atoms with Gasteiger partial charge in [-0.15, -0.1) is 0 Å². The van der Waals surface area contributed by atoms with Crippen LogP contribution in [0.3, 0.4) is 0 Å². The minimum Gasteiger partial charge on any atom is -0.341 e. The van der Waals surface area contributed by atoms with E-state index in [4.69, 9.17) is 0 Å². The predicted molar refractivity (Wildman–Crippen MR) is 122 cm³/mol. The smallest absolute Gasteiger partial charge is 0.322 e. The van der Waals surface area contributed by atoms with Crippen molar-refractivity contribution >= 4 is 23.2 Å². The van der Waals surface area contributed by atoms with Crippen molar-refractivity contribution in [3.63, 3.8) is 0 Å². The summed E-state index contributed by atoms with van der Waals surface area (Å²) in [5.74, 6) is -0.368. The van der Waals surface area contributed by atoms with Crippen molar-refractivity contribution in [2.24, 2.45) is 5.92 Å². The van der Waals surface area contributed by atoms with Crippen LogP contribution < -0.4 is 5.32 Å². The molecule has 0 radical (unpaired) electrons. The van der Waals surface area contributed by atoms with Gasteiger partial charge in [-0.25, -0.2) is 22.4 Å². The molecule has 6 nitrogen and oxygen atoms in total. The van der Waals surface area contributed by atoms with Crippen molar-refractivity contribution in [3.8, 4) is 0 Å². The van der Waals surface area contributed by atoms with Gasteiger partial charge in [0.05, 0.1) is 12.2 Å². The molecule has 1 N–H and O–H groups in total. The molecule has 184 valence electrons. The Morgan fingerprint density at radius 3 is 2.68 bits per heavy atom. The van der Waals surface area contributed by atoms with E-state index in [2.05, 4.69) is 10.3 Å². The fourth-order valence-electron chi connectivity index (χ4n) is 4.23. The van der Waals surface area contributed by atoms with E-state index in [1.807, 2.05) is 19.1 Å². The maximum Gasteiger partial charge on any atom is 0.322 e. The number of likely N-dealkylation sites (tertiary alicyclic amines) is 1. The van der Waals surface area contributed by atoms with E-state index in [1.165, 1.54) is 23.1 Å². The van der Waals surface area contributed by atoms with E-state index in [-0.39, 0.29) is 38.2 Å². The number of fused-ring (bicyclic) bond motifs is 1. The fraction of sp³-hybridized carbons (Fsp3) is 0.375. The molecular weight excluding hydrogens is 452 g/mol. The van der Waals surface area contributed by atoms with Crippen molar-refractivity contribution < 1.29 is 28.6 Å². The zero-order valence-electron chi connectivity index (χ0n) is 18.7. The molecule has 0 aliphatic carbocycles. The zero-order chi connectivity index (χ0) is 24.7. The summed E-state index contributed by atoms with van der Waals surface area (Å²) in [4.78, 5) is 32.5. The number of alkyl halides is 3. The number of urea groups is 1. The number of carbonyl (C=O) groups excluding carboxylic acids is 2. The predicted octanol–water partition coefficient (Wildman–Crippen LogP) is 5.12. The van der Waals surface area contributed by atoms with Gasteiger partial charge in [0.15, 0.2) is 0 Å². The van der Waals surface area contributed by atoms with Crippen molar-refractivity contribution in [3.05, 3.63) is 65.2 Å². The molecule has 0 bridgehead atoms. The molecule has 1 aromatic heterocycles. The number of nitrogens with one attached hydrogen (secondary N) is 1. The van der Waals surface area contributed by atoms with Crippen LogP contribution in [-0.2, 0) is 18.0 Å². The van der Waals surface area contributed by atoms with E-state index < -0.39 is 13.6 Å². The van der Waals surface area contributed by atoms with Gasteiger partial charge in [0.1, 0.15) is 19.0 Å². The molecule has 1 atom stereocenters. The Morgan fingerprint density at radius 2 is 2.03 bits per heavy atom. The molecule has 34 heavy (non-hydrogen) atoms. The Labute approximate surface area is 196 Å². The molecule has 4 rings (SSSR count). The van der Waals surface area contributed by atoms with E-state index in [1.54, 1.807) is 17.2 Å². The maximum absolute atomic E-state index is 13.5. The molecule has 1 fully saturated rings. The van der Waals surface area contributed by atoms with Gasteiger partial charge in [-0.3, -0.25) is 9.78 Å². The number of carbonyl (C=O) groups is 2. The van der Waals surface area contributed by atoms with Gasteiger partial charge in [-0.2, -0.15) is 0 Å². The summed E-state index contributed by atoms with van der Waals surface area (Å²) >= 11 is 0. The number of rotatable bonds is 5. The topological polar surface area (TPSA) is 65.5 Å². The molecular formula is C24H28F4N4O2. The van der Waals surface area contributed by atoms with E-state index >= 15 is 0 Å². The molecule has 1 unspecified atom stereocenters. The molecule has 1 aromatic carbocycles. The van der Waals surface area contributed by atoms with Crippen LogP contribution in [0, 0.1) is 11.7 Å². The van der Waals surface area contributed by atoms with Crippen LogP contribution in [0.4, 0.5) is 28.0 Å². The Hall–Kier alpha value is -3.43. The summed E-state index contributed by atoms with van der Waals surface area (Å²) in [6, 6.07) is 7.36. The Bertz CT molecular complexity index is 1050. The lowest BCUT2D eigenvalue weighted by atomic mass is 9.92. The molecule has 10 heteroatoms. The van der Waals surface area contributed by atoms with Crippen molar-refractivity contribution in [1.29, 1.82) is 0 Å². The van der Waals surface area contributed by atoms with Gasteiger partial charge in [0.25, 0.3) is 0 Å². The lowest BCUT2D eigenvalue weighted by molar-refractivity contribution is -0.130. The fourth-order valence-corrected chi connectivity index (χ4v) is 4.23. The van der Waals surface area contributed by atoms with Crippen LogP contribution in [0.1, 0.15) is 31.6 Å². The first-order valence-electron chi connectivity index (χ1n) is 10.8. The largest absolute Gasteiger partial charge is 0.341 e. The second-order valence-corrected chi connectivity index (χ2v) is 7.93. The van der Waals surface area contributed by atoms with Crippen molar-refractivity contribution in [1.82, 2.24) is 14.8 Å². The maximum atomic E-state index is 13.5. The van der Waals surface area contributed by atoms with E-state index in [0.717, 1.165) is 17.6 Å². The highest BCUT2D eigenvalue weighted by Crippen LogP contribution is 2.31.